The van der Waals surface area contributed by atoms with E-state index in [1.165, 1.54) is 32.1 Å². The molecule has 4 heteroatoms. The Balaban J connectivity index is 1.95. The van der Waals surface area contributed by atoms with Crippen molar-refractivity contribution in [3.8, 4) is 5.75 Å². The maximum absolute atomic E-state index is 14.7. The lowest BCUT2D eigenvalue weighted by molar-refractivity contribution is 0.291. The lowest BCUT2D eigenvalue weighted by Gasteiger charge is -2.09. The van der Waals surface area contributed by atoms with Crippen LogP contribution in [0.15, 0.2) is 39.6 Å². The lowest BCUT2D eigenvalue weighted by Crippen LogP contribution is -2.07. The molecule has 1 heterocycles. The van der Waals surface area contributed by atoms with Crippen molar-refractivity contribution in [2.45, 2.75) is 71.6 Å². The number of benzene rings is 1. The molecular weight excluding hydrogens is 343 g/mol. The van der Waals surface area contributed by atoms with Crippen LogP contribution in [0.2, 0.25) is 0 Å². The summed E-state index contributed by atoms with van der Waals surface area (Å²) in [6, 6.07) is 5.08. The molecule has 0 saturated heterocycles. The second-order valence-corrected chi connectivity index (χ2v) is 6.92. The second-order valence-electron chi connectivity index (χ2n) is 6.92. The Morgan fingerprint density at radius 1 is 1.11 bits per heavy atom. The summed E-state index contributed by atoms with van der Waals surface area (Å²) in [5, 5.41) is 0.532. The fourth-order valence-electron chi connectivity index (χ4n) is 3.14. The predicted molar refractivity (Wildman–Crippen MR) is 109 cm³/mol. The average Bonchev–Trinajstić information content (AvgIpc) is 2.65. The number of rotatable bonds is 12. The number of fused-ring (bicyclic) bond motifs is 1. The summed E-state index contributed by atoms with van der Waals surface area (Å²) in [4.78, 5) is 12.2. The van der Waals surface area contributed by atoms with Gasteiger partial charge in [0.05, 0.1) is 6.61 Å². The van der Waals surface area contributed by atoms with E-state index in [0.717, 1.165) is 19.3 Å². The van der Waals surface area contributed by atoms with Crippen LogP contribution in [-0.4, -0.2) is 6.61 Å². The van der Waals surface area contributed by atoms with Gasteiger partial charge in [0.25, 0.3) is 0 Å². The first-order chi connectivity index (χ1) is 13.2. The standard InChI is InChI=1S/C23H31FO3/c1-3-5-7-8-9-10-12-16-26-20-15-14-18-17-19(13-11-6-4-2)27-23(25)21(18)22(20)24/h4,6,14-15,17H,3,5,7-13,16H2,1-2H3/b6-4+. The average molecular weight is 374 g/mol. The van der Waals surface area contributed by atoms with Gasteiger partial charge in [0, 0.05) is 6.42 Å². The number of aryl methyl sites for hydroxylation is 1. The van der Waals surface area contributed by atoms with Gasteiger partial charge in [-0.1, -0.05) is 63.7 Å². The van der Waals surface area contributed by atoms with Crippen LogP contribution in [0.1, 0.15) is 71.0 Å². The quantitative estimate of drug-likeness (QED) is 0.311. The molecule has 1 aromatic carbocycles. The van der Waals surface area contributed by atoms with E-state index in [-0.39, 0.29) is 11.1 Å². The van der Waals surface area contributed by atoms with E-state index in [1.54, 1.807) is 18.2 Å². The summed E-state index contributed by atoms with van der Waals surface area (Å²) in [7, 11) is 0. The minimum Gasteiger partial charge on any atom is -0.490 e. The zero-order valence-corrected chi connectivity index (χ0v) is 16.6. The van der Waals surface area contributed by atoms with Crippen LogP contribution in [0, 0.1) is 5.82 Å². The molecule has 0 amide bonds. The van der Waals surface area contributed by atoms with E-state index in [0.29, 0.717) is 24.2 Å². The third-order valence-electron chi connectivity index (χ3n) is 4.68. The van der Waals surface area contributed by atoms with Gasteiger partial charge in [-0.2, -0.15) is 0 Å². The molecule has 148 valence electrons. The van der Waals surface area contributed by atoms with Crippen LogP contribution in [0.3, 0.4) is 0 Å². The summed E-state index contributed by atoms with van der Waals surface area (Å²) in [5.41, 5.74) is -0.637. The molecule has 0 fully saturated rings. The molecule has 2 aromatic rings. The van der Waals surface area contributed by atoms with Gasteiger partial charge in [-0.15, -0.1) is 0 Å². The molecule has 1 aromatic heterocycles. The van der Waals surface area contributed by atoms with Crippen LogP contribution in [0.5, 0.6) is 5.75 Å². The second kappa shape index (κ2) is 11.6. The molecule has 0 spiro atoms. The molecule has 27 heavy (non-hydrogen) atoms. The van der Waals surface area contributed by atoms with Crippen LogP contribution in [0.25, 0.3) is 10.8 Å². The van der Waals surface area contributed by atoms with E-state index >= 15 is 0 Å². The third kappa shape index (κ3) is 6.53. The van der Waals surface area contributed by atoms with Gasteiger partial charge in [-0.25, -0.2) is 9.18 Å². The first-order valence-corrected chi connectivity index (χ1v) is 10.2. The van der Waals surface area contributed by atoms with Gasteiger partial charge in [0.1, 0.15) is 11.1 Å². The highest BCUT2D eigenvalue weighted by Gasteiger charge is 2.14. The van der Waals surface area contributed by atoms with Gasteiger partial charge in [-0.05, 0) is 37.3 Å². The highest BCUT2D eigenvalue weighted by molar-refractivity contribution is 5.83. The SMILES string of the molecule is C/C=C/CCc1cc2ccc(OCCCCCCCCC)c(F)c2c(=O)o1. The monoisotopic (exact) mass is 374 g/mol. The van der Waals surface area contributed by atoms with E-state index in [1.807, 2.05) is 19.1 Å². The van der Waals surface area contributed by atoms with Crippen molar-refractivity contribution < 1.29 is 13.5 Å². The minimum absolute atomic E-state index is 0.0261. The predicted octanol–water partition coefficient (Wildman–Crippen LogP) is 6.57. The molecule has 0 radical (unpaired) electrons. The minimum atomic E-state index is -0.637. The van der Waals surface area contributed by atoms with Crippen molar-refractivity contribution >= 4 is 10.8 Å². The fraction of sp³-hybridized carbons (Fsp3) is 0.522. The number of allylic oxidation sites excluding steroid dienone is 2. The Morgan fingerprint density at radius 3 is 2.59 bits per heavy atom. The van der Waals surface area contributed by atoms with Crippen LogP contribution >= 0.6 is 0 Å². The van der Waals surface area contributed by atoms with Crippen molar-refractivity contribution in [1.82, 2.24) is 0 Å². The zero-order chi connectivity index (χ0) is 19.5. The van der Waals surface area contributed by atoms with Gasteiger partial charge in [0.2, 0.25) is 0 Å². The highest BCUT2D eigenvalue weighted by atomic mass is 19.1. The Hall–Kier alpha value is -2.10. The van der Waals surface area contributed by atoms with E-state index in [4.69, 9.17) is 9.15 Å². The Bertz CT molecular complexity index is 792. The highest BCUT2D eigenvalue weighted by Crippen LogP contribution is 2.25. The Labute approximate surface area is 161 Å². The first-order valence-electron chi connectivity index (χ1n) is 10.2. The number of ether oxygens (including phenoxy) is 1. The molecule has 3 nitrogen and oxygen atoms in total. The molecule has 0 aliphatic heterocycles. The normalized spacial score (nSPS) is 11.5. The lowest BCUT2D eigenvalue weighted by atomic mass is 10.1. The van der Waals surface area contributed by atoms with Crippen LogP contribution < -0.4 is 10.4 Å². The first kappa shape index (κ1) is 21.2. The van der Waals surface area contributed by atoms with E-state index in [2.05, 4.69) is 6.92 Å². The van der Waals surface area contributed by atoms with E-state index in [9.17, 15) is 9.18 Å². The van der Waals surface area contributed by atoms with Gasteiger partial charge < -0.3 is 9.15 Å². The van der Waals surface area contributed by atoms with Crippen molar-refractivity contribution in [3.05, 3.63) is 52.3 Å². The van der Waals surface area contributed by atoms with Crippen molar-refractivity contribution in [2.24, 2.45) is 0 Å². The molecule has 0 N–H and O–H groups in total. The van der Waals surface area contributed by atoms with Gasteiger partial charge in [-0.3, -0.25) is 0 Å². The molecule has 0 saturated carbocycles. The maximum Gasteiger partial charge on any atom is 0.346 e. The topological polar surface area (TPSA) is 39.4 Å². The summed E-state index contributed by atoms with van der Waals surface area (Å²) >= 11 is 0. The number of hydrogen-bond acceptors (Lipinski definition) is 3. The molecule has 2 rings (SSSR count). The number of unbranched alkanes of at least 4 members (excludes halogenated alkanes) is 6. The smallest absolute Gasteiger partial charge is 0.346 e. The van der Waals surface area contributed by atoms with Gasteiger partial charge in [0.15, 0.2) is 11.6 Å². The Kier molecular flexibility index (Phi) is 9.09. The summed E-state index contributed by atoms with van der Waals surface area (Å²) in [6.07, 6.45) is 13.6. The molecule has 0 unspecified atom stereocenters. The molecule has 0 aliphatic rings. The summed E-state index contributed by atoms with van der Waals surface area (Å²) in [5.74, 6) is 0.0772. The molecule has 0 bridgehead atoms. The molecule has 0 aliphatic carbocycles. The van der Waals surface area contributed by atoms with Crippen LogP contribution in [0.4, 0.5) is 4.39 Å². The van der Waals surface area contributed by atoms with Crippen molar-refractivity contribution in [2.75, 3.05) is 6.61 Å². The summed E-state index contributed by atoms with van der Waals surface area (Å²) in [6.45, 7) is 4.61. The molecule has 0 atom stereocenters. The number of hydrogen-bond donors (Lipinski definition) is 0. The van der Waals surface area contributed by atoms with Crippen molar-refractivity contribution in [1.29, 1.82) is 0 Å². The Morgan fingerprint density at radius 2 is 1.85 bits per heavy atom. The van der Waals surface area contributed by atoms with Gasteiger partial charge >= 0.3 is 5.63 Å². The maximum atomic E-state index is 14.7. The van der Waals surface area contributed by atoms with E-state index < -0.39 is 11.4 Å². The number of halogens is 1. The fourth-order valence-corrected chi connectivity index (χ4v) is 3.14. The van der Waals surface area contributed by atoms with Crippen molar-refractivity contribution in [3.63, 3.8) is 0 Å². The third-order valence-corrected chi connectivity index (χ3v) is 4.68. The largest absolute Gasteiger partial charge is 0.490 e. The zero-order valence-electron chi connectivity index (χ0n) is 16.6. The molecular formula is C23H31FO3. The van der Waals surface area contributed by atoms with Crippen LogP contribution in [-0.2, 0) is 6.42 Å². The summed E-state index contributed by atoms with van der Waals surface area (Å²) < 4.78 is 25.5.